The molecule has 0 unspecified atom stereocenters. The summed E-state index contributed by atoms with van der Waals surface area (Å²) in [6.07, 6.45) is 2.24. The second-order valence-corrected chi connectivity index (χ2v) is 9.44. The number of benzene rings is 3. The molecule has 1 N–H and O–H groups in total. The van der Waals surface area contributed by atoms with E-state index in [1.165, 1.54) is 17.7 Å². The summed E-state index contributed by atoms with van der Waals surface area (Å²) in [5.74, 6) is 1.76. The summed E-state index contributed by atoms with van der Waals surface area (Å²) in [4.78, 5) is 10.3. The number of nitrogens with zero attached hydrogens (tertiary/aromatic N) is 2. The predicted octanol–water partition coefficient (Wildman–Crippen LogP) is 6.85. The van der Waals surface area contributed by atoms with Crippen molar-refractivity contribution in [1.82, 2.24) is 0 Å². The van der Waals surface area contributed by atoms with E-state index in [1.807, 2.05) is 12.1 Å². The minimum absolute atomic E-state index is 0.0120. The molecule has 0 saturated carbocycles. The molecule has 0 bridgehead atoms. The highest BCUT2D eigenvalue weighted by molar-refractivity contribution is 6.32. The summed E-state index contributed by atoms with van der Waals surface area (Å²) in [6, 6.07) is 17.6. The Kier molecular flexibility index (Phi) is 9.13. The van der Waals surface area contributed by atoms with Crippen LogP contribution >= 0.6 is 11.6 Å². The van der Waals surface area contributed by atoms with Crippen LogP contribution in [0, 0.1) is 10.1 Å². The number of halogens is 1. The van der Waals surface area contributed by atoms with Crippen molar-refractivity contribution in [2.24, 2.45) is 5.10 Å². The standard InChI is InChI=1S/C27H30ClN3O5/c1-27(2,3)20-6-12-23(13-7-20)35-14-5-15-36-26-24(28)16-19(17-25(26)34-4)18-29-30-21-8-10-22(11-9-21)31(32)33/h6-13,16-18,30H,5,14-15H2,1-4H3/b29-18-. The molecule has 8 nitrogen and oxygen atoms in total. The fourth-order valence-electron chi connectivity index (χ4n) is 3.27. The Balaban J connectivity index is 1.51. The maximum atomic E-state index is 10.7. The number of rotatable bonds is 11. The van der Waals surface area contributed by atoms with Gasteiger partial charge in [-0.05, 0) is 52.9 Å². The zero-order valence-electron chi connectivity index (χ0n) is 20.8. The van der Waals surface area contributed by atoms with Crippen molar-refractivity contribution < 1.29 is 19.1 Å². The van der Waals surface area contributed by atoms with Crippen molar-refractivity contribution >= 4 is 29.2 Å². The van der Waals surface area contributed by atoms with E-state index in [1.54, 1.807) is 37.6 Å². The molecule has 3 rings (SSSR count). The first-order valence-electron chi connectivity index (χ1n) is 11.4. The summed E-state index contributed by atoms with van der Waals surface area (Å²) >= 11 is 6.43. The van der Waals surface area contributed by atoms with Gasteiger partial charge in [0.2, 0.25) is 0 Å². The van der Waals surface area contributed by atoms with Gasteiger partial charge in [-0.3, -0.25) is 15.5 Å². The van der Waals surface area contributed by atoms with E-state index in [0.717, 1.165) is 5.75 Å². The van der Waals surface area contributed by atoms with Gasteiger partial charge in [0.25, 0.3) is 5.69 Å². The highest BCUT2D eigenvalue weighted by Crippen LogP contribution is 2.36. The van der Waals surface area contributed by atoms with Crippen molar-refractivity contribution in [3.05, 3.63) is 86.9 Å². The molecule has 0 amide bonds. The van der Waals surface area contributed by atoms with E-state index < -0.39 is 4.92 Å². The average Bonchev–Trinajstić information content (AvgIpc) is 2.84. The van der Waals surface area contributed by atoms with Crippen LogP contribution in [0.15, 0.2) is 65.8 Å². The molecule has 0 aliphatic heterocycles. The Hall–Kier alpha value is -3.78. The van der Waals surface area contributed by atoms with Gasteiger partial charge in [0.1, 0.15) is 5.75 Å². The molecule has 0 spiro atoms. The third kappa shape index (κ3) is 7.61. The first-order valence-corrected chi connectivity index (χ1v) is 11.8. The lowest BCUT2D eigenvalue weighted by molar-refractivity contribution is -0.384. The van der Waals surface area contributed by atoms with Crippen molar-refractivity contribution in [2.45, 2.75) is 32.6 Å². The normalized spacial score (nSPS) is 11.4. The smallest absolute Gasteiger partial charge is 0.269 e. The second-order valence-electron chi connectivity index (χ2n) is 9.03. The number of anilines is 1. The van der Waals surface area contributed by atoms with Crippen LogP contribution < -0.4 is 19.6 Å². The van der Waals surface area contributed by atoms with E-state index in [2.05, 4.69) is 43.4 Å². The van der Waals surface area contributed by atoms with Crippen LogP contribution in [0.3, 0.4) is 0 Å². The molecule has 36 heavy (non-hydrogen) atoms. The van der Waals surface area contributed by atoms with Crippen LogP contribution in [-0.2, 0) is 5.41 Å². The number of ether oxygens (including phenoxy) is 3. The highest BCUT2D eigenvalue weighted by Gasteiger charge is 2.14. The lowest BCUT2D eigenvalue weighted by Crippen LogP contribution is -2.10. The van der Waals surface area contributed by atoms with Crippen molar-refractivity contribution in [3.63, 3.8) is 0 Å². The van der Waals surface area contributed by atoms with Gasteiger partial charge in [-0.1, -0.05) is 44.5 Å². The fourth-order valence-corrected chi connectivity index (χ4v) is 3.54. The molecule has 0 aliphatic rings. The van der Waals surface area contributed by atoms with Crippen LogP contribution in [-0.4, -0.2) is 31.5 Å². The van der Waals surface area contributed by atoms with Crippen LogP contribution in [0.4, 0.5) is 11.4 Å². The molecular weight excluding hydrogens is 482 g/mol. The van der Waals surface area contributed by atoms with E-state index in [0.29, 0.717) is 47.4 Å². The third-order valence-electron chi connectivity index (χ3n) is 5.26. The Morgan fingerprint density at radius 3 is 2.31 bits per heavy atom. The molecule has 0 aliphatic carbocycles. The lowest BCUT2D eigenvalue weighted by atomic mass is 9.87. The minimum Gasteiger partial charge on any atom is -0.493 e. The molecule has 0 fully saturated rings. The molecule has 0 saturated heterocycles. The number of nitro benzene ring substituents is 1. The maximum absolute atomic E-state index is 10.7. The SMILES string of the molecule is COc1cc(/C=N\Nc2ccc([N+](=O)[O-])cc2)cc(Cl)c1OCCCOc1ccc(C(C)(C)C)cc1. The van der Waals surface area contributed by atoms with Crippen LogP contribution in [0.25, 0.3) is 0 Å². The summed E-state index contributed by atoms with van der Waals surface area (Å²) < 4.78 is 17.1. The van der Waals surface area contributed by atoms with E-state index in [9.17, 15) is 10.1 Å². The van der Waals surface area contributed by atoms with Crippen LogP contribution in [0.2, 0.25) is 5.02 Å². The number of nitro groups is 1. The lowest BCUT2D eigenvalue weighted by Gasteiger charge is -2.19. The minimum atomic E-state index is -0.455. The number of hydrazone groups is 1. The molecule has 3 aromatic carbocycles. The second kappa shape index (κ2) is 12.3. The van der Waals surface area contributed by atoms with E-state index in [4.69, 9.17) is 25.8 Å². The molecule has 190 valence electrons. The number of hydrogen-bond acceptors (Lipinski definition) is 7. The van der Waals surface area contributed by atoms with Crippen molar-refractivity contribution in [3.8, 4) is 17.2 Å². The van der Waals surface area contributed by atoms with Gasteiger partial charge >= 0.3 is 0 Å². The highest BCUT2D eigenvalue weighted by atomic mass is 35.5. The first-order chi connectivity index (χ1) is 17.2. The van der Waals surface area contributed by atoms with E-state index in [-0.39, 0.29) is 11.1 Å². The number of hydrogen-bond donors (Lipinski definition) is 1. The van der Waals surface area contributed by atoms with Gasteiger partial charge in [-0.15, -0.1) is 0 Å². The molecule has 9 heteroatoms. The summed E-state index contributed by atoms with van der Waals surface area (Å²) in [7, 11) is 1.54. The van der Waals surface area contributed by atoms with Crippen LogP contribution in [0.5, 0.6) is 17.2 Å². The monoisotopic (exact) mass is 511 g/mol. The van der Waals surface area contributed by atoms with Crippen molar-refractivity contribution in [1.29, 1.82) is 0 Å². The molecule has 0 radical (unpaired) electrons. The maximum Gasteiger partial charge on any atom is 0.269 e. The predicted molar refractivity (Wildman–Crippen MR) is 143 cm³/mol. The number of non-ortho nitro benzene ring substituents is 1. The summed E-state index contributed by atoms with van der Waals surface area (Å²) in [5, 5.41) is 15.3. The Labute approximate surface area is 216 Å². The van der Waals surface area contributed by atoms with Gasteiger partial charge in [0.05, 0.1) is 42.2 Å². The van der Waals surface area contributed by atoms with Crippen LogP contribution in [0.1, 0.15) is 38.3 Å². The van der Waals surface area contributed by atoms with Gasteiger partial charge in [-0.2, -0.15) is 5.10 Å². The first kappa shape index (κ1) is 26.8. The Morgan fingerprint density at radius 1 is 1.03 bits per heavy atom. The fraction of sp³-hybridized carbons (Fsp3) is 0.296. The average molecular weight is 512 g/mol. The van der Waals surface area contributed by atoms with Gasteiger partial charge in [-0.25, -0.2) is 0 Å². The van der Waals surface area contributed by atoms with Gasteiger partial charge < -0.3 is 14.2 Å². The number of nitrogens with one attached hydrogen (secondary N) is 1. The molecule has 3 aromatic rings. The summed E-state index contributed by atoms with van der Waals surface area (Å²) in [6.45, 7) is 7.45. The zero-order valence-corrected chi connectivity index (χ0v) is 21.5. The Morgan fingerprint density at radius 2 is 1.69 bits per heavy atom. The number of methoxy groups -OCH3 is 1. The molecule has 0 aromatic heterocycles. The van der Waals surface area contributed by atoms with Crippen molar-refractivity contribution in [2.75, 3.05) is 25.7 Å². The quantitative estimate of drug-likeness (QED) is 0.131. The zero-order chi connectivity index (χ0) is 26.1. The van der Waals surface area contributed by atoms with Gasteiger partial charge in [0.15, 0.2) is 11.5 Å². The molecule has 0 heterocycles. The molecular formula is C27H30ClN3O5. The summed E-state index contributed by atoms with van der Waals surface area (Å²) in [5.41, 5.74) is 5.51. The Bertz CT molecular complexity index is 1190. The largest absolute Gasteiger partial charge is 0.493 e. The topological polar surface area (TPSA) is 95.2 Å². The van der Waals surface area contributed by atoms with E-state index >= 15 is 0 Å². The third-order valence-corrected chi connectivity index (χ3v) is 5.54. The van der Waals surface area contributed by atoms with Gasteiger partial charge in [0, 0.05) is 18.6 Å². The molecule has 0 atom stereocenters.